The van der Waals surface area contributed by atoms with Crippen molar-refractivity contribution < 1.29 is 9.21 Å². The lowest BCUT2D eigenvalue weighted by Crippen LogP contribution is -2.28. The Labute approximate surface area is 255 Å². The van der Waals surface area contributed by atoms with Crippen LogP contribution < -0.4 is 5.73 Å². The number of allylic oxidation sites excluding steroid dienone is 7. The first kappa shape index (κ1) is 40.1. The fraction of sp³-hybridized carbons (Fsp3) is 0.429. The molecule has 2 rings (SSSR count). The topological polar surface area (TPSA) is 109 Å². The van der Waals surface area contributed by atoms with Crippen LogP contribution in [0.2, 0.25) is 0 Å². The summed E-state index contributed by atoms with van der Waals surface area (Å²) in [5.74, 6) is 0.961. The maximum absolute atomic E-state index is 11.5. The number of aromatic nitrogens is 2. The largest absolute Gasteiger partial charge is 0.423 e. The van der Waals surface area contributed by atoms with E-state index in [0.717, 1.165) is 25.0 Å². The summed E-state index contributed by atoms with van der Waals surface area (Å²) in [6.45, 7) is 22.0. The molecule has 1 amide bonds. The van der Waals surface area contributed by atoms with Gasteiger partial charge in [-0.1, -0.05) is 114 Å². The van der Waals surface area contributed by atoms with Crippen LogP contribution in [0.4, 0.5) is 0 Å². The van der Waals surface area contributed by atoms with Gasteiger partial charge in [-0.25, -0.2) is 0 Å². The number of rotatable bonds is 10. The average molecular weight is 576 g/mol. The zero-order valence-corrected chi connectivity index (χ0v) is 27.5. The zero-order valence-electron chi connectivity index (χ0n) is 27.5. The predicted molar refractivity (Wildman–Crippen MR) is 177 cm³/mol. The molecule has 2 N–H and O–H groups in total. The van der Waals surface area contributed by atoms with Crippen molar-refractivity contribution in [2.24, 2.45) is 5.73 Å². The molecule has 0 bridgehead atoms. The predicted octanol–water partition coefficient (Wildman–Crippen LogP) is 8.56. The van der Waals surface area contributed by atoms with Gasteiger partial charge in [0, 0.05) is 19.2 Å². The monoisotopic (exact) mass is 575 g/mol. The zero-order chi connectivity index (χ0) is 32.5. The number of nitrogens with zero attached hydrogens (tertiary/aromatic N) is 4. The second-order valence-corrected chi connectivity index (χ2v) is 9.13. The molecule has 0 spiro atoms. The average Bonchev–Trinajstić information content (AvgIpc) is 3.51. The first-order chi connectivity index (χ1) is 20.1. The van der Waals surface area contributed by atoms with Gasteiger partial charge in [-0.3, -0.25) is 4.79 Å². The number of nitriles is 1. The molecule has 0 saturated heterocycles. The van der Waals surface area contributed by atoms with Crippen LogP contribution in [0, 0.1) is 18.3 Å². The van der Waals surface area contributed by atoms with E-state index in [1.54, 1.807) is 31.0 Å². The standard InChI is InChI=1S/C16H22N4O.C10H17NO.C7H8.C2H6/c1-5-7-14(10-17)13(6-2)9-8-11(3)15-19-20-16(21-15)12(4)18;1-5-8-11(4)10(12)9(6-2)7-3;1-7-5-3-2-4-6-7;1-2/h6-9,11-12H,5,18H2,1-4H3;6-7H,2,5,8H2,1,3-4H3;2-6H,1H3;1-2H3/b9-8+,13-6-,14-7-;9-7+;;. The third-order valence-corrected chi connectivity index (χ3v) is 5.57. The van der Waals surface area contributed by atoms with Crippen molar-refractivity contribution in [1.29, 1.82) is 5.26 Å². The highest BCUT2D eigenvalue weighted by atomic mass is 16.4. The van der Waals surface area contributed by atoms with Gasteiger partial charge in [-0.15, -0.1) is 10.2 Å². The minimum absolute atomic E-state index is 0.0403. The number of amides is 1. The van der Waals surface area contributed by atoms with Crippen LogP contribution in [0.1, 0.15) is 97.5 Å². The van der Waals surface area contributed by atoms with Crippen LogP contribution in [0.25, 0.3) is 0 Å². The molecular formula is C35H53N5O2. The Bertz CT molecular complexity index is 1180. The molecule has 2 aromatic rings. The highest BCUT2D eigenvalue weighted by molar-refractivity contribution is 5.95. The molecule has 0 radical (unpaired) electrons. The van der Waals surface area contributed by atoms with Crippen LogP contribution in [0.3, 0.4) is 0 Å². The van der Waals surface area contributed by atoms with Crippen LogP contribution in [0.15, 0.2) is 94.5 Å². The Morgan fingerprint density at radius 1 is 1.10 bits per heavy atom. The number of likely N-dealkylation sites (N-methyl/N-ethyl adjacent to an activating group) is 1. The molecule has 42 heavy (non-hydrogen) atoms. The molecule has 0 aliphatic carbocycles. The quantitative estimate of drug-likeness (QED) is 0.173. The summed E-state index contributed by atoms with van der Waals surface area (Å²) >= 11 is 0. The normalized spacial score (nSPS) is 12.8. The third kappa shape index (κ3) is 16.3. The number of hydrogen-bond donors (Lipinski definition) is 1. The van der Waals surface area contributed by atoms with Gasteiger partial charge >= 0.3 is 0 Å². The van der Waals surface area contributed by atoms with E-state index < -0.39 is 0 Å². The van der Waals surface area contributed by atoms with E-state index in [4.69, 9.17) is 15.4 Å². The fourth-order valence-electron chi connectivity index (χ4n) is 3.24. The fourth-order valence-corrected chi connectivity index (χ4v) is 3.24. The summed E-state index contributed by atoms with van der Waals surface area (Å²) in [5, 5.41) is 17.1. The second kappa shape index (κ2) is 24.8. The Balaban J connectivity index is 0. The Hall–Kier alpha value is -4.02. The molecule has 7 nitrogen and oxygen atoms in total. The number of nitrogens with two attached hydrogens (primary N) is 1. The number of hydrogen-bond acceptors (Lipinski definition) is 6. The molecule has 1 aromatic carbocycles. The van der Waals surface area contributed by atoms with Crippen molar-refractivity contribution in [3.05, 3.63) is 107 Å². The SMILES string of the molecule is C/C=C(/C=C/C(C)c1nnc(C(C)N)o1)C(\C#N)=C/CC.C=C/C(=C\C)C(=O)N(C)CCC.CC.Cc1ccccc1. The number of carbonyl (C=O) groups excluding carboxylic acids is 1. The van der Waals surface area contributed by atoms with Crippen molar-refractivity contribution in [3.63, 3.8) is 0 Å². The maximum atomic E-state index is 11.5. The molecule has 2 unspecified atom stereocenters. The number of carbonyl (C=O) groups is 1. The van der Waals surface area contributed by atoms with Crippen LogP contribution >= 0.6 is 0 Å². The van der Waals surface area contributed by atoms with Gasteiger partial charge in [-0.05, 0) is 46.1 Å². The van der Waals surface area contributed by atoms with Gasteiger partial charge in [-0.2, -0.15) is 5.26 Å². The van der Waals surface area contributed by atoms with Crippen molar-refractivity contribution in [2.75, 3.05) is 13.6 Å². The summed E-state index contributed by atoms with van der Waals surface area (Å²) in [6.07, 6.45) is 12.8. The van der Waals surface area contributed by atoms with Gasteiger partial charge in [0.2, 0.25) is 11.8 Å². The van der Waals surface area contributed by atoms with Gasteiger partial charge in [0.05, 0.1) is 23.6 Å². The molecule has 0 aliphatic rings. The first-order valence-electron chi connectivity index (χ1n) is 14.7. The van der Waals surface area contributed by atoms with Crippen LogP contribution in [0.5, 0.6) is 0 Å². The van der Waals surface area contributed by atoms with E-state index in [1.165, 1.54) is 5.56 Å². The van der Waals surface area contributed by atoms with Crippen LogP contribution in [-0.4, -0.2) is 34.6 Å². The third-order valence-electron chi connectivity index (χ3n) is 5.57. The van der Waals surface area contributed by atoms with E-state index in [2.05, 4.69) is 41.9 Å². The molecule has 0 saturated carbocycles. The summed E-state index contributed by atoms with van der Waals surface area (Å²) in [4.78, 5) is 13.2. The van der Waals surface area contributed by atoms with Crippen molar-refractivity contribution in [3.8, 4) is 6.07 Å². The summed E-state index contributed by atoms with van der Waals surface area (Å²) in [5.41, 5.74) is 9.25. The van der Waals surface area contributed by atoms with Gasteiger partial charge in [0.1, 0.15) is 0 Å². The van der Waals surface area contributed by atoms with Crippen molar-refractivity contribution in [2.45, 2.75) is 87.1 Å². The lowest BCUT2D eigenvalue weighted by Gasteiger charge is -2.16. The Morgan fingerprint density at radius 3 is 2.05 bits per heavy atom. The van der Waals surface area contributed by atoms with E-state index in [-0.39, 0.29) is 17.9 Å². The first-order valence-corrected chi connectivity index (χ1v) is 14.7. The van der Waals surface area contributed by atoms with E-state index >= 15 is 0 Å². The highest BCUT2D eigenvalue weighted by Crippen LogP contribution is 2.20. The van der Waals surface area contributed by atoms with Gasteiger partial charge in [0.25, 0.3) is 5.91 Å². The summed E-state index contributed by atoms with van der Waals surface area (Å²) < 4.78 is 5.51. The minimum atomic E-state index is -0.272. The maximum Gasteiger partial charge on any atom is 0.253 e. The summed E-state index contributed by atoms with van der Waals surface area (Å²) in [6, 6.07) is 12.2. The lowest BCUT2D eigenvalue weighted by atomic mass is 10.0. The molecule has 2 atom stereocenters. The van der Waals surface area contributed by atoms with Crippen LogP contribution in [-0.2, 0) is 4.79 Å². The van der Waals surface area contributed by atoms with Gasteiger partial charge in [0.15, 0.2) is 0 Å². The molecule has 0 fully saturated rings. The highest BCUT2D eigenvalue weighted by Gasteiger charge is 2.14. The Morgan fingerprint density at radius 2 is 1.67 bits per heavy atom. The number of aryl methyl sites for hydroxylation is 1. The molecule has 1 aromatic heterocycles. The molecule has 7 heteroatoms. The smallest absolute Gasteiger partial charge is 0.253 e. The van der Waals surface area contributed by atoms with E-state index in [0.29, 0.717) is 22.9 Å². The van der Waals surface area contributed by atoms with E-state index in [9.17, 15) is 4.79 Å². The van der Waals surface area contributed by atoms with Crippen molar-refractivity contribution >= 4 is 5.91 Å². The molecule has 1 heterocycles. The summed E-state index contributed by atoms with van der Waals surface area (Å²) in [7, 11) is 1.80. The second-order valence-electron chi connectivity index (χ2n) is 9.13. The minimum Gasteiger partial charge on any atom is -0.423 e. The van der Waals surface area contributed by atoms with E-state index in [1.807, 2.05) is 91.0 Å². The molecule has 0 aliphatic heterocycles. The van der Waals surface area contributed by atoms with Crippen molar-refractivity contribution in [1.82, 2.24) is 15.1 Å². The molecular weight excluding hydrogens is 522 g/mol. The van der Waals surface area contributed by atoms with Gasteiger partial charge < -0.3 is 15.1 Å². The molecule has 230 valence electrons. The Kier molecular flexibility index (Phi) is 23.6. The lowest BCUT2D eigenvalue weighted by molar-refractivity contribution is -0.125. The number of benzene rings is 1.